The van der Waals surface area contributed by atoms with Crippen molar-refractivity contribution in [3.05, 3.63) is 0 Å². The van der Waals surface area contributed by atoms with Gasteiger partial charge in [0, 0.05) is 24.7 Å². The molecule has 2 unspecified atom stereocenters. The van der Waals surface area contributed by atoms with E-state index in [1.807, 2.05) is 0 Å². The molecule has 1 aliphatic rings. The number of hydrogen-bond acceptors (Lipinski definition) is 2. The third-order valence-electron chi connectivity index (χ3n) is 4.34. The largest absolute Gasteiger partial charge is 0.313 e. The fraction of sp³-hybridized carbons (Fsp3) is 1.00. The van der Waals surface area contributed by atoms with Crippen LogP contribution in [0.2, 0.25) is 0 Å². The Kier molecular flexibility index (Phi) is 7.92. The Morgan fingerprint density at radius 3 is 2.50 bits per heavy atom. The first-order valence-corrected chi connectivity index (χ1v) is 8.18. The van der Waals surface area contributed by atoms with Crippen LogP contribution < -0.4 is 5.32 Å². The van der Waals surface area contributed by atoms with Crippen molar-refractivity contribution in [3.8, 4) is 0 Å². The quantitative estimate of drug-likeness (QED) is 0.708. The Labute approximate surface area is 115 Å². The summed E-state index contributed by atoms with van der Waals surface area (Å²) in [4.78, 5) is 2.75. The molecule has 0 amide bonds. The Balaban J connectivity index is 2.50. The van der Waals surface area contributed by atoms with Gasteiger partial charge in [-0.1, -0.05) is 33.1 Å². The second-order valence-corrected chi connectivity index (χ2v) is 6.14. The minimum Gasteiger partial charge on any atom is -0.313 e. The van der Waals surface area contributed by atoms with Crippen molar-refractivity contribution in [1.82, 2.24) is 10.2 Å². The van der Waals surface area contributed by atoms with Crippen LogP contribution >= 0.6 is 0 Å². The molecule has 1 rings (SSSR count). The smallest absolute Gasteiger partial charge is 0.0195 e. The Bertz CT molecular complexity index is 197. The van der Waals surface area contributed by atoms with Gasteiger partial charge in [-0.2, -0.15) is 0 Å². The average molecular weight is 254 g/mol. The fourth-order valence-electron chi connectivity index (χ4n) is 3.16. The van der Waals surface area contributed by atoms with E-state index in [0.717, 1.165) is 12.1 Å². The fourth-order valence-corrected chi connectivity index (χ4v) is 3.16. The van der Waals surface area contributed by atoms with E-state index in [1.54, 1.807) is 0 Å². The molecule has 1 heterocycles. The van der Waals surface area contributed by atoms with Crippen molar-refractivity contribution in [2.45, 2.75) is 90.8 Å². The summed E-state index contributed by atoms with van der Waals surface area (Å²) in [5, 5.41) is 3.70. The van der Waals surface area contributed by atoms with Crippen LogP contribution in [0.4, 0.5) is 0 Å². The average Bonchev–Trinajstić information content (AvgIpc) is 2.39. The molecule has 2 atom stereocenters. The number of piperidine rings is 1. The second-order valence-electron chi connectivity index (χ2n) is 6.14. The van der Waals surface area contributed by atoms with Crippen molar-refractivity contribution in [2.75, 3.05) is 13.1 Å². The normalized spacial score (nSPS) is 22.7. The number of hydrogen-bond donors (Lipinski definition) is 1. The van der Waals surface area contributed by atoms with Gasteiger partial charge in [-0.15, -0.1) is 0 Å². The van der Waals surface area contributed by atoms with E-state index in [9.17, 15) is 0 Å². The molecule has 0 saturated carbocycles. The molecule has 0 bridgehead atoms. The topological polar surface area (TPSA) is 15.3 Å². The van der Waals surface area contributed by atoms with Crippen molar-refractivity contribution < 1.29 is 0 Å². The maximum atomic E-state index is 3.70. The Morgan fingerprint density at radius 1 is 1.22 bits per heavy atom. The van der Waals surface area contributed by atoms with Gasteiger partial charge in [-0.25, -0.2) is 0 Å². The summed E-state index contributed by atoms with van der Waals surface area (Å²) in [6.07, 6.45) is 9.51. The van der Waals surface area contributed by atoms with Crippen LogP contribution in [0.3, 0.4) is 0 Å². The van der Waals surface area contributed by atoms with E-state index in [1.165, 1.54) is 58.0 Å². The van der Waals surface area contributed by atoms with Crippen LogP contribution in [0.1, 0.15) is 72.6 Å². The highest BCUT2D eigenvalue weighted by Crippen LogP contribution is 2.18. The first kappa shape index (κ1) is 16.0. The highest BCUT2D eigenvalue weighted by molar-refractivity contribution is 4.81. The number of rotatable bonds is 8. The summed E-state index contributed by atoms with van der Waals surface area (Å²) < 4.78 is 0. The Hall–Kier alpha value is -0.0800. The monoisotopic (exact) mass is 254 g/mol. The van der Waals surface area contributed by atoms with Crippen LogP contribution in [-0.4, -0.2) is 36.1 Å². The lowest BCUT2D eigenvalue weighted by atomic mass is 10.00. The molecule has 1 saturated heterocycles. The molecule has 0 spiro atoms. The molecule has 1 N–H and O–H groups in total. The van der Waals surface area contributed by atoms with Crippen LogP contribution in [0.25, 0.3) is 0 Å². The highest BCUT2D eigenvalue weighted by atomic mass is 15.2. The molecule has 1 fully saturated rings. The number of unbranched alkanes of at least 4 members (excludes halogenated alkanes) is 1. The molecule has 0 aromatic rings. The molecular weight excluding hydrogens is 220 g/mol. The van der Waals surface area contributed by atoms with E-state index in [0.29, 0.717) is 6.04 Å². The maximum Gasteiger partial charge on any atom is 0.0195 e. The molecule has 0 aromatic carbocycles. The predicted octanol–water partition coefficient (Wildman–Crippen LogP) is 3.81. The number of nitrogens with zero attached hydrogens (tertiary/aromatic N) is 1. The summed E-state index contributed by atoms with van der Waals surface area (Å²) >= 11 is 0. The minimum absolute atomic E-state index is 0.676. The van der Waals surface area contributed by atoms with Crippen molar-refractivity contribution in [3.63, 3.8) is 0 Å². The highest BCUT2D eigenvalue weighted by Gasteiger charge is 2.23. The molecule has 18 heavy (non-hydrogen) atoms. The summed E-state index contributed by atoms with van der Waals surface area (Å²) in [6.45, 7) is 11.8. The molecule has 1 aliphatic heterocycles. The van der Waals surface area contributed by atoms with Gasteiger partial charge in [0.05, 0.1) is 0 Å². The van der Waals surface area contributed by atoms with Crippen LogP contribution in [0.5, 0.6) is 0 Å². The lowest BCUT2D eigenvalue weighted by Gasteiger charge is -2.38. The summed E-state index contributed by atoms with van der Waals surface area (Å²) in [6, 6.07) is 2.20. The third-order valence-corrected chi connectivity index (χ3v) is 4.34. The van der Waals surface area contributed by atoms with Gasteiger partial charge in [0.1, 0.15) is 0 Å². The van der Waals surface area contributed by atoms with E-state index < -0.39 is 0 Å². The second kappa shape index (κ2) is 8.92. The first-order valence-electron chi connectivity index (χ1n) is 8.18. The van der Waals surface area contributed by atoms with Gasteiger partial charge in [0.2, 0.25) is 0 Å². The molecule has 2 nitrogen and oxygen atoms in total. The minimum atomic E-state index is 0.676. The molecule has 0 aromatic heterocycles. The van der Waals surface area contributed by atoms with Crippen molar-refractivity contribution >= 4 is 0 Å². The molecule has 108 valence electrons. The van der Waals surface area contributed by atoms with E-state index in [-0.39, 0.29) is 0 Å². The summed E-state index contributed by atoms with van der Waals surface area (Å²) in [5.74, 6) is 0. The molecule has 2 heteroatoms. The van der Waals surface area contributed by atoms with E-state index in [2.05, 4.69) is 37.9 Å². The Morgan fingerprint density at radius 2 is 2.00 bits per heavy atom. The van der Waals surface area contributed by atoms with E-state index in [4.69, 9.17) is 0 Å². The van der Waals surface area contributed by atoms with Crippen molar-refractivity contribution in [2.24, 2.45) is 0 Å². The molecular formula is C16H34N2. The zero-order valence-corrected chi connectivity index (χ0v) is 13.0. The third kappa shape index (κ3) is 5.27. The van der Waals surface area contributed by atoms with Gasteiger partial charge in [-0.3, -0.25) is 4.90 Å². The summed E-state index contributed by atoms with van der Waals surface area (Å²) in [5.41, 5.74) is 0. The lowest BCUT2D eigenvalue weighted by molar-refractivity contribution is 0.117. The van der Waals surface area contributed by atoms with Gasteiger partial charge in [0.25, 0.3) is 0 Å². The maximum absolute atomic E-state index is 3.70. The number of nitrogens with one attached hydrogen (secondary N) is 1. The summed E-state index contributed by atoms with van der Waals surface area (Å²) in [7, 11) is 0. The van der Waals surface area contributed by atoms with Crippen LogP contribution in [0.15, 0.2) is 0 Å². The van der Waals surface area contributed by atoms with Gasteiger partial charge in [0.15, 0.2) is 0 Å². The van der Waals surface area contributed by atoms with Gasteiger partial charge >= 0.3 is 0 Å². The predicted molar refractivity (Wildman–Crippen MR) is 81.1 cm³/mol. The first-order chi connectivity index (χ1) is 8.69. The lowest BCUT2D eigenvalue weighted by Crippen LogP contribution is -2.49. The van der Waals surface area contributed by atoms with Crippen molar-refractivity contribution in [1.29, 1.82) is 0 Å². The van der Waals surface area contributed by atoms with Crippen LogP contribution in [-0.2, 0) is 0 Å². The van der Waals surface area contributed by atoms with Crippen LogP contribution in [0, 0.1) is 0 Å². The molecule has 0 aliphatic carbocycles. The zero-order valence-electron chi connectivity index (χ0n) is 13.0. The van der Waals surface area contributed by atoms with Gasteiger partial charge in [-0.05, 0) is 46.1 Å². The van der Waals surface area contributed by atoms with E-state index >= 15 is 0 Å². The standard InChI is InChI=1S/C16H34N2/c1-5-7-11-16(6-2)18(14(3)4)13-15-10-8-9-12-17-15/h14-17H,5-13H2,1-4H3. The van der Waals surface area contributed by atoms with Gasteiger partial charge < -0.3 is 5.32 Å². The SMILES string of the molecule is CCCCC(CC)N(CC1CCCCN1)C(C)C. The zero-order chi connectivity index (χ0) is 13.4. The molecule has 0 radical (unpaired) electrons.